The first kappa shape index (κ1) is 12.0. The van der Waals surface area contributed by atoms with Crippen LogP contribution in [0.5, 0.6) is 0 Å². The average molecular weight is 265 g/mol. The number of aromatic nitrogens is 2. The molecule has 2 aliphatic carbocycles. The number of benzene rings is 1. The lowest BCUT2D eigenvalue weighted by atomic mass is 9.95. The van der Waals surface area contributed by atoms with Crippen molar-refractivity contribution in [2.75, 3.05) is 0 Å². The second kappa shape index (κ2) is 4.67. The highest BCUT2D eigenvalue weighted by molar-refractivity contribution is 5.39. The molecule has 2 aromatic rings. The molecule has 1 aromatic carbocycles. The van der Waals surface area contributed by atoms with Crippen LogP contribution in [0.3, 0.4) is 0 Å². The Morgan fingerprint density at radius 2 is 1.90 bits per heavy atom. The van der Waals surface area contributed by atoms with Crippen LogP contribution in [0.15, 0.2) is 42.6 Å². The predicted octanol–water partition coefficient (Wildman–Crippen LogP) is 2.81. The fourth-order valence-electron chi connectivity index (χ4n) is 2.79. The van der Waals surface area contributed by atoms with E-state index in [0.717, 1.165) is 36.9 Å². The van der Waals surface area contributed by atoms with Crippen molar-refractivity contribution in [2.45, 2.75) is 43.7 Å². The molecule has 3 heteroatoms. The molecule has 20 heavy (non-hydrogen) atoms. The van der Waals surface area contributed by atoms with Crippen LogP contribution in [-0.4, -0.2) is 16.0 Å². The summed E-state index contributed by atoms with van der Waals surface area (Å²) in [6.07, 6.45) is 6.86. The summed E-state index contributed by atoms with van der Waals surface area (Å²) in [5.41, 5.74) is 2.55. The van der Waals surface area contributed by atoms with Gasteiger partial charge in [0.15, 0.2) is 0 Å². The summed E-state index contributed by atoms with van der Waals surface area (Å²) in [5.74, 6) is 0.999. The number of nitrogens with one attached hydrogen (secondary N) is 1. The Morgan fingerprint density at radius 3 is 2.60 bits per heavy atom. The molecule has 0 saturated heterocycles. The van der Waals surface area contributed by atoms with Gasteiger partial charge >= 0.3 is 0 Å². The van der Waals surface area contributed by atoms with Crippen LogP contribution in [0.1, 0.15) is 42.8 Å². The van der Waals surface area contributed by atoms with Gasteiger partial charge in [0.1, 0.15) is 5.82 Å². The van der Waals surface area contributed by atoms with Crippen molar-refractivity contribution in [3.05, 3.63) is 59.7 Å². The zero-order valence-corrected chi connectivity index (χ0v) is 11.5. The number of hydrogen-bond donors (Lipinski definition) is 1. The Hall–Kier alpha value is -1.74. The Kier molecular flexibility index (Phi) is 2.81. The fraction of sp³-hybridized carbons (Fsp3) is 0.412. The molecule has 4 rings (SSSR count). The van der Waals surface area contributed by atoms with Gasteiger partial charge in [-0.25, -0.2) is 9.97 Å². The lowest BCUT2D eigenvalue weighted by molar-refractivity contribution is 0.656. The summed E-state index contributed by atoms with van der Waals surface area (Å²) in [6.45, 7) is 0.866. The third-order valence-electron chi connectivity index (χ3n) is 4.37. The molecule has 2 fully saturated rings. The summed E-state index contributed by atoms with van der Waals surface area (Å²) in [6, 6.07) is 13.4. The van der Waals surface area contributed by atoms with Crippen molar-refractivity contribution in [1.82, 2.24) is 15.3 Å². The van der Waals surface area contributed by atoms with E-state index in [9.17, 15) is 0 Å². The molecular weight excluding hydrogens is 246 g/mol. The van der Waals surface area contributed by atoms with Gasteiger partial charge in [-0.05, 0) is 37.3 Å². The molecule has 0 amide bonds. The van der Waals surface area contributed by atoms with Crippen molar-refractivity contribution >= 4 is 0 Å². The first-order valence-electron chi connectivity index (χ1n) is 7.48. The lowest BCUT2D eigenvalue weighted by Gasteiger charge is -2.15. The van der Waals surface area contributed by atoms with Gasteiger partial charge in [0, 0.05) is 18.8 Å². The van der Waals surface area contributed by atoms with E-state index in [4.69, 9.17) is 4.98 Å². The number of nitrogens with zero attached hydrogens (tertiary/aromatic N) is 2. The summed E-state index contributed by atoms with van der Waals surface area (Å²) < 4.78 is 0. The molecule has 1 N–H and O–H groups in total. The van der Waals surface area contributed by atoms with Crippen molar-refractivity contribution in [2.24, 2.45) is 0 Å². The molecule has 1 heterocycles. The Labute approximate surface area is 119 Å². The van der Waals surface area contributed by atoms with E-state index >= 15 is 0 Å². The van der Waals surface area contributed by atoms with E-state index in [0.29, 0.717) is 0 Å². The summed E-state index contributed by atoms with van der Waals surface area (Å²) in [4.78, 5) is 9.36. The minimum atomic E-state index is 0.0802. The van der Waals surface area contributed by atoms with E-state index in [2.05, 4.69) is 40.6 Å². The van der Waals surface area contributed by atoms with Crippen LogP contribution < -0.4 is 5.32 Å². The van der Waals surface area contributed by atoms with Gasteiger partial charge in [-0.15, -0.1) is 0 Å². The van der Waals surface area contributed by atoms with Crippen molar-refractivity contribution in [1.29, 1.82) is 0 Å². The van der Waals surface area contributed by atoms with Crippen LogP contribution in [-0.2, 0) is 12.0 Å². The minimum Gasteiger partial charge on any atom is -0.308 e. The van der Waals surface area contributed by atoms with Crippen LogP contribution in [0.2, 0.25) is 0 Å². The highest BCUT2D eigenvalue weighted by Crippen LogP contribution is 2.51. The maximum Gasteiger partial charge on any atom is 0.139 e. The Bertz CT molecular complexity index is 601. The Morgan fingerprint density at radius 1 is 1.10 bits per heavy atom. The van der Waals surface area contributed by atoms with Gasteiger partial charge in [0.25, 0.3) is 0 Å². The molecular formula is C17H19N3. The van der Waals surface area contributed by atoms with Crippen LogP contribution in [0.25, 0.3) is 0 Å². The Balaban J connectivity index is 1.59. The molecule has 0 atom stereocenters. The second-order valence-electron chi connectivity index (χ2n) is 5.97. The van der Waals surface area contributed by atoms with E-state index in [1.807, 2.05) is 12.3 Å². The van der Waals surface area contributed by atoms with E-state index in [1.54, 1.807) is 0 Å². The van der Waals surface area contributed by atoms with Gasteiger partial charge in [0.05, 0.1) is 11.1 Å². The smallest absolute Gasteiger partial charge is 0.139 e. The molecule has 3 nitrogen and oxygen atoms in total. The first-order valence-corrected chi connectivity index (χ1v) is 7.48. The zero-order chi connectivity index (χ0) is 13.4. The van der Waals surface area contributed by atoms with E-state index < -0.39 is 0 Å². The molecule has 0 spiro atoms. The maximum absolute atomic E-state index is 4.81. The van der Waals surface area contributed by atoms with Gasteiger partial charge in [0.2, 0.25) is 0 Å². The SMILES string of the molecule is c1ccc(C2(c3nccc(CNC4CC4)n3)CC2)cc1. The number of rotatable bonds is 5. The van der Waals surface area contributed by atoms with Crippen molar-refractivity contribution < 1.29 is 0 Å². The largest absolute Gasteiger partial charge is 0.308 e. The van der Waals surface area contributed by atoms with Crippen molar-refractivity contribution in [3.8, 4) is 0 Å². The summed E-state index contributed by atoms with van der Waals surface area (Å²) >= 11 is 0. The fourth-order valence-corrected chi connectivity index (χ4v) is 2.79. The van der Waals surface area contributed by atoms with Crippen LogP contribution >= 0.6 is 0 Å². The summed E-state index contributed by atoms with van der Waals surface area (Å²) in [7, 11) is 0. The first-order chi connectivity index (χ1) is 9.87. The maximum atomic E-state index is 4.81. The van der Waals surface area contributed by atoms with Gasteiger partial charge < -0.3 is 5.32 Å². The molecule has 0 bridgehead atoms. The van der Waals surface area contributed by atoms with E-state index in [1.165, 1.54) is 18.4 Å². The van der Waals surface area contributed by atoms with Crippen LogP contribution in [0.4, 0.5) is 0 Å². The molecule has 102 valence electrons. The molecule has 0 unspecified atom stereocenters. The highest BCUT2D eigenvalue weighted by atomic mass is 15.0. The monoisotopic (exact) mass is 265 g/mol. The zero-order valence-electron chi connectivity index (χ0n) is 11.5. The van der Waals surface area contributed by atoms with Crippen molar-refractivity contribution in [3.63, 3.8) is 0 Å². The second-order valence-corrected chi connectivity index (χ2v) is 5.97. The molecule has 1 aromatic heterocycles. The van der Waals surface area contributed by atoms with Gasteiger partial charge in [-0.3, -0.25) is 0 Å². The summed E-state index contributed by atoms with van der Waals surface area (Å²) in [5, 5.41) is 3.52. The standard InChI is InChI=1S/C17H19N3/c1-2-4-13(5-3-1)17(9-10-17)16-18-11-8-15(20-16)12-19-14-6-7-14/h1-5,8,11,14,19H,6-7,9-10,12H2. The molecule has 0 aliphatic heterocycles. The minimum absolute atomic E-state index is 0.0802. The van der Waals surface area contributed by atoms with E-state index in [-0.39, 0.29) is 5.41 Å². The third-order valence-corrected chi connectivity index (χ3v) is 4.37. The molecule has 2 saturated carbocycles. The predicted molar refractivity (Wildman–Crippen MR) is 78.3 cm³/mol. The van der Waals surface area contributed by atoms with Gasteiger partial charge in [-0.2, -0.15) is 0 Å². The lowest BCUT2D eigenvalue weighted by Crippen LogP contribution is -2.19. The molecule has 0 radical (unpaired) electrons. The van der Waals surface area contributed by atoms with Gasteiger partial charge in [-0.1, -0.05) is 30.3 Å². The van der Waals surface area contributed by atoms with Crippen LogP contribution in [0, 0.1) is 0 Å². The third kappa shape index (κ3) is 2.22. The quantitative estimate of drug-likeness (QED) is 0.903. The topological polar surface area (TPSA) is 37.8 Å². The highest BCUT2D eigenvalue weighted by Gasteiger charge is 2.48. The average Bonchev–Trinajstić information content (AvgIpc) is 3.41. The normalized spacial score (nSPS) is 19.8. The number of hydrogen-bond acceptors (Lipinski definition) is 3. The molecule has 2 aliphatic rings.